The van der Waals surface area contributed by atoms with Crippen molar-refractivity contribution in [3.8, 4) is 0 Å². The molecule has 0 aromatic rings. The highest BCUT2D eigenvalue weighted by molar-refractivity contribution is 5.70. The number of ether oxygens (including phenoxy) is 2. The van der Waals surface area contributed by atoms with Crippen molar-refractivity contribution in [1.82, 2.24) is 0 Å². The molecule has 1 aliphatic heterocycles. The van der Waals surface area contributed by atoms with Crippen LogP contribution in [-0.2, 0) is 19.1 Å². The van der Waals surface area contributed by atoms with Crippen molar-refractivity contribution in [3.63, 3.8) is 0 Å². The van der Waals surface area contributed by atoms with Gasteiger partial charge in [-0.15, -0.1) is 0 Å². The van der Waals surface area contributed by atoms with Crippen molar-refractivity contribution in [2.75, 3.05) is 6.61 Å². The van der Waals surface area contributed by atoms with Gasteiger partial charge in [-0.3, -0.25) is 9.59 Å². The molecule has 0 spiro atoms. The minimum Gasteiger partial charge on any atom is -0.462 e. The molecular weight excluding hydrogens is 488 g/mol. The minimum absolute atomic E-state index is 0.0298. The topological polar surface area (TPSA) is 77.3 Å². The monoisotopic (exact) mass is 549 g/mol. The van der Waals surface area contributed by atoms with Crippen LogP contribution < -0.4 is 0 Å². The quantitative estimate of drug-likeness (QED) is 0.0686. The Morgan fingerprint density at radius 2 is 0.974 bits per heavy atom. The predicted molar refractivity (Wildman–Crippen MR) is 161 cm³/mol. The standard InChI is InChI=1S/C33H61N2O4/c1-4-6-8-10-12-14-15-16-17-19-21-25-31(36)38-29-30(3)39-32(37)26-22-24-28-33(34-35-33)27-23-20-18-13-11-9-7-5-2/h30H,3-29H2,1-2H3. The van der Waals surface area contributed by atoms with E-state index in [9.17, 15) is 9.59 Å². The maximum absolute atomic E-state index is 12.1. The van der Waals surface area contributed by atoms with E-state index < -0.39 is 6.10 Å². The predicted octanol–water partition coefficient (Wildman–Crippen LogP) is 10.2. The van der Waals surface area contributed by atoms with Gasteiger partial charge in [0.05, 0.1) is 0 Å². The Hall–Kier alpha value is -1.46. The van der Waals surface area contributed by atoms with Gasteiger partial charge in [-0.25, -0.2) is 0 Å². The second-order valence-corrected chi connectivity index (χ2v) is 11.7. The average molecular weight is 550 g/mol. The average Bonchev–Trinajstić information content (AvgIpc) is 3.70. The van der Waals surface area contributed by atoms with Gasteiger partial charge >= 0.3 is 11.9 Å². The Labute approximate surface area is 240 Å². The van der Waals surface area contributed by atoms with Gasteiger partial charge in [0, 0.05) is 12.8 Å². The summed E-state index contributed by atoms with van der Waals surface area (Å²) < 4.78 is 10.6. The molecule has 1 unspecified atom stereocenters. The summed E-state index contributed by atoms with van der Waals surface area (Å²) in [6, 6.07) is 0. The molecule has 0 aromatic heterocycles. The number of hydrogen-bond donors (Lipinski definition) is 0. The highest BCUT2D eigenvalue weighted by atomic mass is 16.6. The van der Waals surface area contributed by atoms with Crippen LogP contribution in [0.4, 0.5) is 0 Å². The summed E-state index contributed by atoms with van der Waals surface area (Å²) in [6.45, 7) is 8.34. The van der Waals surface area contributed by atoms with Crippen LogP contribution >= 0.6 is 0 Å². The number of unbranched alkanes of at least 4 members (excludes halogenated alkanes) is 18. The van der Waals surface area contributed by atoms with Gasteiger partial charge in [-0.1, -0.05) is 123 Å². The lowest BCUT2D eigenvalue weighted by Crippen LogP contribution is -2.22. The van der Waals surface area contributed by atoms with E-state index in [1.807, 2.05) is 0 Å². The van der Waals surface area contributed by atoms with E-state index in [0.717, 1.165) is 38.5 Å². The van der Waals surface area contributed by atoms with Gasteiger partial charge in [0.15, 0.2) is 5.66 Å². The first kappa shape index (κ1) is 35.6. The van der Waals surface area contributed by atoms with Gasteiger partial charge in [0.2, 0.25) is 0 Å². The van der Waals surface area contributed by atoms with E-state index in [2.05, 4.69) is 31.0 Å². The van der Waals surface area contributed by atoms with Crippen LogP contribution in [0.15, 0.2) is 10.2 Å². The lowest BCUT2D eigenvalue weighted by molar-refractivity contribution is -0.156. The zero-order valence-electron chi connectivity index (χ0n) is 25.7. The third kappa shape index (κ3) is 22.0. The molecule has 0 amide bonds. The van der Waals surface area contributed by atoms with E-state index in [1.165, 1.54) is 109 Å². The van der Waals surface area contributed by atoms with Crippen LogP contribution in [0.2, 0.25) is 0 Å². The molecule has 0 saturated heterocycles. The van der Waals surface area contributed by atoms with Crippen molar-refractivity contribution in [2.45, 2.75) is 186 Å². The van der Waals surface area contributed by atoms with Crippen molar-refractivity contribution in [2.24, 2.45) is 10.2 Å². The van der Waals surface area contributed by atoms with E-state index in [4.69, 9.17) is 9.47 Å². The Bertz CT molecular complexity index is 631. The number of esters is 2. The summed E-state index contributed by atoms with van der Waals surface area (Å²) in [4.78, 5) is 24.1. The third-order valence-electron chi connectivity index (χ3n) is 7.73. The Morgan fingerprint density at radius 3 is 1.46 bits per heavy atom. The maximum Gasteiger partial charge on any atom is 0.306 e. The highest BCUT2D eigenvalue weighted by Crippen LogP contribution is 2.38. The third-order valence-corrected chi connectivity index (χ3v) is 7.73. The van der Waals surface area contributed by atoms with Crippen molar-refractivity contribution in [1.29, 1.82) is 0 Å². The van der Waals surface area contributed by atoms with Gasteiger partial charge < -0.3 is 9.47 Å². The molecule has 0 bridgehead atoms. The molecule has 6 heteroatoms. The van der Waals surface area contributed by atoms with Gasteiger partial charge in [-0.2, -0.15) is 10.2 Å². The highest BCUT2D eigenvalue weighted by Gasteiger charge is 2.38. The lowest BCUT2D eigenvalue weighted by Gasteiger charge is -2.14. The molecule has 1 atom stereocenters. The molecule has 39 heavy (non-hydrogen) atoms. The van der Waals surface area contributed by atoms with E-state index in [1.54, 1.807) is 0 Å². The molecule has 0 aliphatic carbocycles. The van der Waals surface area contributed by atoms with Gasteiger partial charge in [-0.05, 0) is 45.4 Å². The maximum atomic E-state index is 12.1. The van der Waals surface area contributed by atoms with Gasteiger partial charge in [0.25, 0.3) is 0 Å². The summed E-state index contributed by atoms with van der Waals surface area (Å²) in [5.41, 5.74) is -0.164. The fraction of sp³-hybridized carbons (Fsp3) is 0.909. The molecule has 0 N–H and O–H groups in total. The van der Waals surface area contributed by atoms with Crippen molar-refractivity contribution in [3.05, 3.63) is 6.92 Å². The summed E-state index contributed by atoms with van der Waals surface area (Å²) >= 11 is 0. The molecule has 0 saturated carbocycles. The van der Waals surface area contributed by atoms with Crippen molar-refractivity contribution >= 4 is 11.9 Å². The summed E-state index contributed by atoms with van der Waals surface area (Å²) in [6.07, 6.45) is 28.0. The largest absolute Gasteiger partial charge is 0.462 e. The Morgan fingerprint density at radius 1 is 0.590 bits per heavy atom. The second kappa shape index (κ2) is 24.3. The second-order valence-electron chi connectivity index (χ2n) is 11.7. The number of hydrogen-bond acceptors (Lipinski definition) is 6. The normalized spacial score (nSPS) is 14.3. The zero-order valence-corrected chi connectivity index (χ0v) is 25.7. The van der Waals surface area contributed by atoms with Crippen molar-refractivity contribution < 1.29 is 19.1 Å². The Kier molecular flexibility index (Phi) is 22.2. The summed E-state index contributed by atoms with van der Waals surface area (Å²) in [5.74, 6) is -0.507. The molecule has 1 aliphatic rings. The van der Waals surface area contributed by atoms with Crippen LogP contribution in [-0.4, -0.2) is 30.3 Å². The Balaban J connectivity index is 1.92. The number of rotatable bonds is 29. The first-order chi connectivity index (χ1) is 19.0. The molecule has 1 heterocycles. The number of carbonyl (C=O) groups is 2. The molecule has 227 valence electrons. The van der Waals surface area contributed by atoms with Crippen LogP contribution in [0.5, 0.6) is 0 Å². The van der Waals surface area contributed by atoms with E-state index >= 15 is 0 Å². The fourth-order valence-corrected chi connectivity index (χ4v) is 5.09. The van der Waals surface area contributed by atoms with E-state index in [-0.39, 0.29) is 24.2 Å². The van der Waals surface area contributed by atoms with Crippen LogP contribution in [0, 0.1) is 6.92 Å². The van der Waals surface area contributed by atoms with Gasteiger partial charge in [0.1, 0.15) is 12.7 Å². The fourth-order valence-electron chi connectivity index (χ4n) is 5.09. The van der Waals surface area contributed by atoms with Crippen LogP contribution in [0.1, 0.15) is 174 Å². The molecule has 1 radical (unpaired) electrons. The summed E-state index contributed by atoms with van der Waals surface area (Å²) in [7, 11) is 0. The van der Waals surface area contributed by atoms with Crippen LogP contribution in [0.3, 0.4) is 0 Å². The first-order valence-electron chi connectivity index (χ1n) is 16.6. The van der Waals surface area contributed by atoms with E-state index in [0.29, 0.717) is 12.8 Å². The molecular formula is C33H61N2O4. The lowest BCUT2D eigenvalue weighted by atomic mass is 9.98. The number of nitrogens with zero attached hydrogens (tertiary/aromatic N) is 2. The summed E-state index contributed by atoms with van der Waals surface area (Å²) in [5, 5.41) is 8.61. The molecule has 0 aromatic carbocycles. The minimum atomic E-state index is -0.652. The SMILES string of the molecule is [CH2]C(COC(=O)CCCCCCCCCCCCC)OC(=O)CCCCC1(CCCCCCCCCC)N=N1. The smallest absolute Gasteiger partial charge is 0.306 e. The molecule has 0 fully saturated rings. The first-order valence-corrected chi connectivity index (χ1v) is 16.6. The zero-order chi connectivity index (χ0) is 28.4. The molecule has 6 nitrogen and oxygen atoms in total. The van der Waals surface area contributed by atoms with Crippen LogP contribution in [0.25, 0.3) is 0 Å². The number of carbonyl (C=O) groups excluding carboxylic acids is 2. The molecule has 1 rings (SSSR count).